The van der Waals surface area contributed by atoms with Crippen LogP contribution in [0.25, 0.3) is 10.2 Å². The molecule has 0 radical (unpaired) electrons. The van der Waals surface area contributed by atoms with Crippen LogP contribution in [0.4, 0.5) is 0 Å². The zero-order valence-corrected chi connectivity index (χ0v) is 18.6. The number of para-hydroxylation sites is 1. The topological polar surface area (TPSA) is 71.7 Å². The molecule has 0 aliphatic carbocycles. The zero-order chi connectivity index (χ0) is 20.1. The molecule has 2 aromatic heterocycles. The lowest BCUT2D eigenvalue weighted by Crippen LogP contribution is -2.40. The number of thiophene rings is 1. The summed E-state index contributed by atoms with van der Waals surface area (Å²) in [4.78, 5) is 17.6. The van der Waals surface area contributed by atoms with E-state index in [9.17, 15) is 13.2 Å². The first kappa shape index (κ1) is 20.1. The van der Waals surface area contributed by atoms with Gasteiger partial charge in [-0.15, -0.1) is 11.3 Å². The fourth-order valence-corrected chi connectivity index (χ4v) is 7.93. The third kappa shape index (κ3) is 3.44. The fourth-order valence-electron chi connectivity index (χ4n) is 3.26. The van der Waals surface area contributed by atoms with Crippen LogP contribution >= 0.6 is 45.9 Å². The number of rotatable bonds is 3. The molecule has 1 amide bonds. The van der Waals surface area contributed by atoms with Crippen molar-refractivity contribution < 1.29 is 13.2 Å². The van der Waals surface area contributed by atoms with Gasteiger partial charge in [-0.25, -0.2) is 8.42 Å². The Morgan fingerprint density at radius 3 is 2.68 bits per heavy atom. The third-order valence-corrected chi connectivity index (χ3v) is 9.59. The second-order valence-electron chi connectivity index (χ2n) is 6.31. The number of nitrogens with zero attached hydrogens (tertiary/aromatic N) is 3. The Labute approximate surface area is 179 Å². The molecule has 1 fully saturated rings. The minimum absolute atomic E-state index is 0.136. The van der Waals surface area contributed by atoms with Crippen molar-refractivity contribution in [3.8, 4) is 0 Å². The highest BCUT2D eigenvalue weighted by molar-refractivity contribution is 7.91. The molecule has 3 aromatic rings. The predicted molar refractivity (Wildman–Crippen MR) is 113 cm³/mol. The van der Waals surface area contributed by atoms with E-state index in [1.807, 2.05) is 12.1 Å². The number of thiazole rings is 1. The average Bonchev–Trinajstić information content (AvgIpc) is 3.35. The molecule has 1 aliphatic rings. The van der Waals surface area contributed by atoms with E-state index < -0.39 is 22.0 Å². The molecule has 0 saturated carbocycles. The summed E-state index contributed by atoms with van der Waals surface area (Å²) in [6.45, 7) is 0.286. The quantitative estimate of drug-likeness (QED) is 0.576. The summed E-state index contributed by atoms with van der Waals surface area (Å²) in [6.07, 6.45) is 1.05. The maximum absolute atomic E-state index is 12.9. The number of benzene rings is 1. The lowest BCUT2D eigenvalue weighted by atomic mass is 10.2. The van der Waals surface area contributed by atoms with Crippen molar-refractivity contribution in [2.75, 3.05) is 6.54 Å². The van der Waals surface area contributed by atoms with Crippen LogP contribution in [0.5, 0.6) is 0 Å². The van der Waals surface area contributed by atoms with Gasteiger partial charge >= 0.3 is 0 Å². The fraction of sp³-hybridized carbons (Fsp3) is 0.294. The van der Waals surface area contributed by atoms with Crippen molar-refractivity contribution >= 4 is 72.0 Å². The van der Waals surface area contributed by atoms with E-state index >= 15 is 0 Å². The predicted octanol–water partition coefficient (Wildman–Crippen LogP) is 3.89. The number of hydrogen-bond donors (Lipinski definition) is 0. The van der Waals surface area contributed by atoms with Crippen LogP contribution in [-0.4, -0.2) is 35.8 Å². The molecular weight excluding hydrogens is 461 g/mol. The van der Waals surface area contributed by atoms with Gasteiger partial charge in [0.1, 0.15) is 10.3 Å². The van der Waals surface area contributed by atoms with Crippen LogP contribution in [0.2, 0.25) is 9.36 Å². The smallest absolute Gasteiger partial charge is 0.266 e. The molecule has 3 heterocycles. The van der Waals surface area contributed by atoms with E-state index in [0.717, 1.165) is 21.6 Å². The van der Waals surface area contributed by atoms with Crippen molar-refractivity contribution in [2.24, 2.45) is 12.0 Å². The van der Waals surface area contributed by atoms with Gasteiger partial charge < -0.3 is 4.57 Å². The summed E-state index contributed by atoms with van der Waals surface area (Å²) in [7, 11) is -2.00. The van der Waals surface area contributed by atoms with Crippen molar-refractivity contribution in [3.63, 3.8) is 0 Å². The molecule has 0 spiro atoms. The Morgan fingerprint density at radius 1 is 1.21 bits per heavy atom. The largest absolute Gasteiger partial charge is 0.318 e. The van der Waals surface area contributed by atoms with Gasteiger partial charge in [0.2, 0.25) is 0 Å². The van der Waals surface area contributed by atoms with E-state index in [4.69, 9.17) is 23.2 Å². The number of fused-ring (bicyclic) bond motifs is 1. The number of carbonyl (C=O) groups excluding carboxylic acids is 1. The Morgan fingerprint density at radius 2 is 2.00 bits per heavy atom. The number of amides is 1. The Hall–Kier alpha value is -1.23. The lowest BCUT2D eigenvalue weighted by Gasteiger charge is -2.20. The first-order chi connectivity index (χ1) is 13.3. The minimum Gasteiger partial charge on any atom is -0.318 e. The molecule has 4 rings (SSSR count). The highest BCUT2D eigenvalue weighted by Gasteiger charge is 2.40. The molecule has 1 saturated heterocycles. The lowest BCUT2D eigenvalue weighted by molar-refractivity contribution is -0.121. The Bertz CT molecular complexity index is 1240. The monoisotopic (exact) mass is 475 g/mol. The normalized spacial score (nSPS) is 19.0. The van der Waals surface area contributed by atoms with Crippen LogP contribution in [0.3, 0.4) is 0 Å². The van der Waals surface area contributed by atoms with E-state index in [2.05, 4.69) is 4.99 Å². The second kappa shape index (κ2) is 7.55. The molecule has 28 heavy (non-hydrogen) atoms. The number of carbonyl (C=O) groups is 1. The summed E-state index contributed by atoms with van der Waals surface area (Å²) in [5.74, 6) is -0.470. The number of sulfonamides is 1. The number of halogens is 2. The Kier molecular flexibility index (Phi) is 5.41. The van der Waals surface area contributed by atoms with Crippen LogP contribution in [-0.2, 0) is 21.9 Å². The number of aromatic nitrogens is 1. The number of hydrogen-bond acceptors (Lipinski definition) is 5. The van der Waals surface area contributed by atoms with Crippen molar-refractivity contribution in [2.45, 2.75) is 23.1 Å². The van der Waals surface area contributed by atoms with Gasteiger partial charge in [-0.05, 0) is 37.1 Å². The molecule has 1 atom stereocenters. The molecule has 1 unspecified atom stereocenters. The molecule has 6 nitrogen and oxygen atoms in total. The SMILES string of the molecule is Cn1c(=NC(=O)C2CCCN2S(=O)(=O)c2ccc(Cl)s2)sc2cccc(Cl)c21. The van der Waals surface area contributed by atoms with E-state index in [1.165, 1.54) is 27.8 Å². The first-order valence-electron chi connectivity index (χ1n) is 8.39. The van der Waals surface area contributed by atoms with Crippen molar-refractivity contribution in [1.82, 2.24) is 8.87 Å². The maximum Gasteiger partial charge on any atom is 0.266 e. The van der Waals surface area contributed by atoms with Crippen LogP contribution in [0, 0.1) is 0 Å². The summed E-state index contributed by atoms with van der Waals surface area (Å²) < 4.78 is 30.3. The molecule has 148 valence electrons. The highest BCUT2D eigenvalue weighted by atomic mass is 35.5. The van der Waals surface area contributed by atoms with Gasteiger partial charge in [0, 0.05) is 13.6 Å². The summed E-state index contributed by atoms with van der Waals surface area (Å²) in [5.41, 5.74) is 0.796. The van der Waals surface area contributed by atoms with Crippen molar-refractivity contribution in [1.29, 1.82) is 0 Å². The number of aryl methyl sites for hydroxylation is 1. The van der Waals surface area contributed by atoms with E-state index in [0.29, 0.717) is 27.0 Å². The van der Waals surface area contributed by atoms with Crippen LogP contribution < -0.4 is 4.80 Å². The summed E-state index contributed by atoms with van der Waals surface area (Å²) in [6, 6.07) is 7.71. The van der Waals surface area contributed by atoms with E-state index in [1.54, 1.807) is 17.7 Å². The Balaban J connectivity index is 1.71. The maximum atomic E-state index is 12.9. The highest BCUT2D eigenvalue weighted by Crippen LogP contribution is 2.32. The van der Waals surface area contributed by atoms with Gasteiger partial charge in [-0.2, -0.15) is 9.30 Å². The summed E-state index contributed by atoms with van der Waals surface area (Å²) in [5, 5.41) is 0.574. The molecule has 1 aliphatic heterocycles. The molecular formula is C17H15Cl2N3O3S3. The van der Waals surface area contributed by atoms with Crippen molar-refractivity contribution in [3.05, 3.63) is 44.5 Å². The average molecular weight is 476 g/mol. The van der Waals surface area contributed by atoms with Gasteiger partial charge in [0.05, 0.1) is 19.6 Å². The van der Waals surface area contributed by atoms with Gasteiger partial charge in [-0.3, -0.25) is 4.79 Å². The standard InChI is InChI=1S/C17H15Cl2N3O3S3/c1-21-15-10(18)4-2-6-12(15)26-17(21)20-16(23)11-5-3-9-22(11)28(24,25)14-8-7-13(19)27-14/h2,4,6-8,11H,3,5,9H2,1H3. The minimum atomic E-state index is -3.78. The molecule has 0 N–H and O–H groups in total. The second-order valence-corrected chi connectivity index (χ2v) is 11.6. The van der Waals surface area contributed by atoms with Crippen LogP contribution in [0.1, 0.15) is 12.8 Å². The molecule has 11 heteroatoms. The molecule has 1 aromatic carbocycles. The van der Waals surface area contributed by atoms with E-state index in [-0.39, 0.29) is 10.8 Å². The van der Waals surface area contributed by atoms with Gasteiger partial charge in [-0.1, -0.05) is 40.6 Å². The zero-order valence-electron chi connectivity index (χ0n) is 14.6. The molecule has 0 bridgehead atoms. The third-order valence-electron chi connectivity index (χ3n) is 4.58. The first-order valence-corrected chi connectivity index (χ1v) is 12.2. The van der Waals surface area contributed by atoms with Crippen LogP contribution in [0.15, 0.2) is 39.5 Å². The van der Waals surface area contributed by atoms with Gasteiger partial charge in [0.25, 0.3) is 15.9 Å². The summed E-state index contributed by atoms with van der Waals surface area (Å²) >= 11 is 14.5. The van der Waals surface area contributed by atoms with Gasteiger partial charge in [0.15, 0.2) is 4.80 Å².